The number of nitrogens with one attached hydrogen (secondary N) is 2. The van der Waals surface area contributed by atoms with Crippen molar-refractivity contribution in [3.63, 3.8) is 0 Å². The number of hydrogen-bond acceptors (Lipinski definition) is 4. The van der Waals surface area contributed by atoms with Crippen molar-refractivity contribution in [3.05, 3.63) is 34.4 Å². The van der Waals surface area contributed by atoms with Crippen LogP contribution in [0.1, 0.15) is 32.1 Å². The molecule has 2 amide bonds. The molecule has 0 bridgehead atoms. The summed E-state index contributed by atoms with van der Waals surface area (Å²) in [5, 5.41) is 16.3. The van der Waals surface area contributed by atoms with E-state index < -0.39 is 4.92 Å². The lowest BCUT2D eigenvalue weighted by Gasteiger charge is -2.43. The van der Waals surface area contributed by atoms with Gasteiger partial charge in [0.2, 0.25) is 0 Å². The number of benzene rings is 1. The number of nitro groups is 1. The van der Waals surface area contributed by atoms with Gasteiger partial charge < -0.3 is 15.5 Å². The Labute approximate surface area is 136 Å². The van der Waals surface area contributed by atoms with Gasteiger partial charge in [-0.1, -0.05) is 19.3 Å². The van der Waals surface area contributed by atoms with E-state index in [0.29, 0.717) is 12.2 Å². The molecule has 2 rings (SSSR count). The van der Waals surface area contributed by atoms with Gasteiger partial charge in [-0.15, -0.1) is 0 Å². The molecule has 2 N–H and O–H groups in total. The number of urea groups is 1. The molecule has 0 spiro atoms. The zero-order chi connectivity index (χ0) is 16.9. The van der Waals surface area contributed by atoms with Crippen LogP contribution in [0, 0.1) is 10.1 Å². The van der Waals surface area contributed by atoms with E-state index in [0.717, 1.165) is 12.8 Å². The van der Waals surface area contributed by atoms with Gasteiger partial charge in [0.15, 0.2) is 0 Å². The Morgan fingerprint density at radius 1 is 1.22 bits per heavy atom. The number of nitrogens with zero attached hydrogens (tertiary/aromatic N) is 2. The van der Waals surface area contributed by atoms with Gasteiger partial charge in [-0.3, -0.25) is 10.1 Å². The summed E-state index contributed by atoms with van der Waals surface area (Å²) in [6, 6.07) is 5.52. The predicted molar refractivity (Wildman–Crippen MR) is 89.6 cm³/mol. The van der Waals surface area contributed by atoms with Crippen LogP contribution >= 0.6 is 0 Å². The van der Waals surface area contributed by atoms with Crippen molar-refractivity contribution < 1.29 is 9.72 Å². The second-order valence-electron chi connectivity index (χ2n) is 6.29. The van der Waals surface area contributed by atoms with Crippen LogP contribution in [0.15, 0.2) is 24.3 Å². The van der Waals surface area contributed by atoms with E-state index in [-0.39, 0.29) is 17.3 Å². The van der Waals surface area contributed by atoms with Crippen LogP contribution in [0.3, 0.4) is 0 Å². The minimum Gasteiger partial charge on any atom is -0.336 e. The van der Waals surface area contributed by atoms with Crippen LogP contribution in [0.2, 0.25) is 0 Å². The highest BCUT2D eigenvalue weighted by Crippen LogP contribution is 2.31. The molecule has 0 aliphatic heterocycles. The van der Waals surface area contributed by atoms with Gasteiger partial charge >= 0.3 is 6.03 Å². The first-order chi connectivity index (χ1) is 10.9. The predicted octanol–water partition coefficient (Wildman–Crippen LogP) is 2.98. The summed E-state index contributed by atoms with van der Waals surface area (Å²) in [6.45, 7) is 0.596. The third-order valence-corrected chi connectivity index (χ3v) is 4.65. The van der Waals surface area contributed by atoms with Crippen LogP contribution in [-0.2, 0) is 0 Å². The Kier molecular flexibility index (Phi) is 5.54. The van der Waals surface area contributed by atoms with Crippen LogP contribution in [0.5, 0.6) is 0 Å². The summed E-state index contributed by atoms with van der Waals surface area (Å²) >= 11 is 0. The molecule has 0 aromatic heterocycles. The summed E-state index contributed by atoms with van der Waals surface area (Å²) < 4.78 is 0. The molecule has 23 heavy (non-hydrogen) atoms. The highest BCUT2D eigenvalue weighted by Gasteiger charge is 2.34. The number of non-ortho nitro benzene ring substituents is 1. The van der Waals surface area contributed by atoms with Gasteiger partial charge in [0.05, 0.1) is 4.92 Å². The third-order valence-electron chi connectivity index (χ3n) is 4.65. The van der Waals surface area contributed by atoms with Gasteiger partial charge in [-0.05, 0) is 39.1 Å². The SMILES string of the molecule is CN(C)C1(CNC(=O)Nc2ccc([N+](=O)[O-])cc2)CCCCC1. The maximum Gasteiger partial charge on any atom is 0.319 e. The number of anilines is 1. The minimum atomic E-state index is -0.465. The molecule has 7 heteroatoms. The number of nitro benzene ring substituents is 1. The Morgan fingerprint density at radius 2 is 1.83 bits per heavy atom. The molecule has 0 unspecified atom stereocenters. The van der Waals surface area contributed by atoms with Crippen molar-refractivity contribution in [2.75, 3.05) is 26.0 Å². The number of amides is 2. The van der Waals surface area contributed by atoms with Crippen molar-refractivity contribution in [2.45, 2.75) is 37.6 Å². The maximum atomic E-state index is 12.1. The van der Waals surface area contributed by atoms with Gasteiger partial charge in [-0.25, -0.2) is 4.79 Å². The summed E-state index contributed by atoms with van der Waals surface area (Å²) in [5.74, 6) is 0. The fourth-order valence-electron chi connectivity index (χ4n) is 3.08. The quantitative estimate of drug-likeness (QED) is 0.645. The van der Waals surface area contributed by atoms with Crippen LogP contribution in [0.4, 0.5) is 16.2 Å². The Morgan fingerprint density at radius 3 is 2.35 bits per heavy atom. The molecule has 1 aliphatic rings. The van der Waals surface area contributed by atoms with E-state index in [1.165, 1.54) is 43.5 Å². The molecule has 7 nitrogen and oxygen atoms in total. The second kappa shape index (κ2) is 7.41. The van der Waals surface area contributed by atoms with Crippen molar-refractivity contribution in [2.24, 2.45) is 0 Å². The van der Waals surface area contributed by atoms with Crippen LogP contribution in [0.25, 0.3) is 0 Å². The standard InChI is InChI=1S/C16H24N4O3/c1-19(2)16(10-4-3-5-11-16)12-17-15(21)18-13-6-8-14(9-7-13)20(22)23/h6-9H,3-5,10-12H2,1-2H3,(H2,17,18,21). The highest BCUT2D eigenvalue weighted by atomic mass is 16.6. The van der Waals surface area contributed by atoms with Crippen LogP contribution < -0.4 is 10.6 Å². The van der Waals surface area contributed by atoms with E-state index in [4.69, 9.17) is 0 Å². The fourth-order valence-corrected chi connectivity index (χ4v) is 3.08. The summed E-state index contributed by atoms with van der Waals surface area (Å²) in [6.07, 6.45) is 5.79. The number of likely N-dealkylation sites (N-methyl/N-ethyl adjacent to an activating group) is 1. The second-order valence-corrected chi connectivity index (χ2v) is 6.29. The maximum absolute atomic E-state index is 12.1. The number of carbonyl (C=O) groups is 1. The molecular weight excluding hydrogens is 296 g/mol. The molecule has 0 radical (unpaired) electrons. The molecule has 1 saturated carbocycles. The van der Waals surface area contributed by atoms with Crippen LogP contribution in [-0.4, -0.2) is 42.0 Å². The molecule has 0 atom stereocenters. The monoisotopic (exact) mass is 320 g/mol. The first-order valence-corrected chi connectivity index (χ1v) is 7.90. The number of carbonyl (C=O) groups excluding carboxylic acids is 1. The molecule has 1 aliphatic carbocycles. The average Bonchev–Trinajstić information content (AvgIpc) is 2.54. The third kappa shape index (κ3) is 4.41. The fraction of sp³-hybridized carbons (Fsp3) is 0.562. The number of hydrogen-bond donors (Lipinski definition) is 2. The molecule has 0 saturated heterocycles. The normalized spacial score (nSPS) is 16.8. The number of rotatable bonds is 5. The molecule has 0 heterocycles. The van der Waals surface area contributed by atoms with E-state index in [1.54, 1.807) is 0 Å². The van der Waals surface area contributed by atoms with Crippen molar-refractivity contribution in [1.29, 1.82) is 0 Å². The molecule has 1 fully saturated rings. The van der Waals surface area contributed by atoms with E-state index in [1.807, 2.05) is 0 Å². The Hall–Kier alpha value is -2.15. The molecular formula is C16H24N4O3. The van der Waals surface area contributed by atoms with E-state index in [2.05, 4.69) is 29.6 Å². The topological polar surface area (TPSA) is 87.5 Å². The lowest BCUT2D eigenvalue weighted by Crippen LogP contribution is -2.54. The zero-order valence-corrected chi connectivity index (χ0v) is 13.7. The van der Waals surface area contributed by atoms with E-state index in [9.17, 15) is 14.9 Å². The Balaban J connectivity index is 1.90. The summed E-state index contributed by atoms with van der Waals surface area (Å²) in [4.78, 5) is 24.4. The van der Waals surface area contributed by atoms with Gasteiger partial charge in [-0.2, -0.15) is 0 Å². The van der Waals surface area contributed by atoms with Gasteiger partial charge in [0, 0.05) is 29.9 Å². The van der Waals surface area contributed by atoms with Crippen molar-refractivity contribution in [1.82, 2.24) is 10.2 Å². The van der Waals surface area contributed by atoms with Gasteiger partial charge in [0.25, 0.3) is 5.69 Å². The van der Waals surface area contributed by atoms with Crippen molar-refractivity contribution >= 4 is 17.4 Å². The minimum absolute atomic E-state index is 0.00437. The summed E-state index contributed by atoms with van der Waals surface area (Å²) in [7, 11) is 4.11. The average molecular weight is 320 g/mol. The smallest absolute Gasteiger partial charge is 0.319 e. The van der Waals surface area contributed by atoms with Gasteiger partial charge in [0.1, 0.15) is 0 Å². The largest absolute Gasteiger partial charge is 0.336 e. The summed E-state index contributed by atoms with van der Waals surface area (Å²) in [5.41, 5.74) is 0.561. The molecule has 1 aromatic rings. The molecule has 126 valence electrons. The first-order valence-electron chi connectivity index (χ1n) is 7.90. The van der Waals surface area contributed by atoms with E-state index >= 15 is 0 Å². The Bertz CT molecular complexity index is 551. The lowest BCUT2D eigenvalue weighted by molar-refractivity contribution is -0.384. The zero-order valence-electron chi connectivity index (χ0n) is 13.7. The van der Waals surface area contributed by atoms with Crippen molar-refractivity contribution in [3.8, 4) is 0 Å². The first kappa shape index (κ1) is 17.2. The lowest BCUT2D eigenvalue weighted by atomic mass is 9.80. The molecule has 1 aromatic carbocycles. The highest BCUT2D eigenvalue weighted by molar-refractivity contribution is 5.89.